The number of oxazole rings is 1. The van der Waals surface area contributed by atoms with Gasteiger partial charge in [0.2, 0.25) is 5.65 Å². The van der Waals surface area contributed by atoms with Gasteiger partial charge >= 0.3 is 12.1 Å². The molecule has 2 amide bonds. The van der Waals surface area contributed by atoms with E-state index in [4.69, 9.17) is 13.9 Å². The molecule has 0 radical (unpaired) electrons. The van der Waals surface area contributed by atoms with Crippen molar-refractivity contribution in [2.24, 2.45) is 0 Å². The monoisotopic (exact) mass is 503 g/mol. The normalized spacial score (nSPS) is 13.4. The highest BCUT2D eigenvalue weighted by Crippen LogP contribution is 2.38. The molecule has 2 aromatic heterocycles. The zero-order valence-corrected chi connectivity index (χ0v) is 19.3. The largest absolute Gasteiger partial charge is 0.491 e. The van der Waals surface area contributed by atoms with Crippen molar-refractivity contribution in [2.75, 3.05) is 29.1 Å². The quantitative estimate of drug-likeness (QED) is 0.465. The Morgan fingerprint density at radius 3 is 2.78 bits per heavy atom. The molecule has 3 aromatic rings. The van der Waals surface area contributed by atoms with Crippen LogP contribution < -0.4 is 20.7 Å². The van der Waals surface area contributed by atoms with Crippen LogP contribution in [0.1, 0.15) is 37.7 Å². The lowest BCUT2D eigenvalue weighted by molar-refractivity contribution is 0.0632. The second kappa shape index (κ2) is 8.65. The second-order valence-corrected chi connectivity index (χ2v) is 8.99. The van der Waals surface area contributed by atoms with E-state index in [2.05, 4.69) is 41.8 Å². The lowest BCUT2D eigenvalue weighted by atomic mass is 10.2. The summed E-state index contributed by atoms with van der Waals surface area (Å²) in [5.41, 5.74) is 1.25. The minimum absolute atomic E-state index is 0.0713. The third-order valence-electron chi connectivity index (χ3n) is 4.29. The molecule has 0 spiro atoms. The van der Waals surface area contributed by atoms with Crippen molar-refractivity contribution in [3.05, 3.63) is 34.4 Å². The molecule has 10 nitrogen and oxygen atoms in total. The van der Waals surface area contributed by atoms with Gasteiger partial charge in [-0.2, -0.15) is 4.98 Å². The fraction of sp³-hybridized carbons (Fsp3) is 0.333. The molecule has 1 aliphatic rings. The number of rotatable bonds is 3. The van der Waals surface area contributed by atoms with Crippen LogP contribution >= 0.6 is 15.9 Å². The highest BCUT2D eigenvalue weighted by atomic mass is 79.9. The SMILES string of the molecule is CC(C)(C)OC(=O)Nc1nc2nc(C(=O)Nc3cc(Br)cc4c3NCCCO4)ccc2o1. The molecule has 0 bridgehead atoms. The van der Waals surface area contributed by atoms with E-state index in [9.17, 15) is 9.59 Å². The molecule has 1 aliphatic heterocycles. The molecule has 0 atom stereocenters. The maximum absolute atomic E-state index is 12.9. The van der Waals surface area contributed by atoms with Gasteiger partial charge in [-0.25, -0.2) is 15.1 Å². The molecule has 3 N–H and O–H groups in total. The zero-order valence-electron chi connectivity index (χ0n) is 17.7. The maximum Gasteiger partial charge on any atom is 0.415 e. The average Bonchev–Trinajstić information content (AvgIpc) is 2.92. The number of aromatic nitrogens is 2. The number of amides is 2. The number of hydrogen-bond donors (Lipinski definition) is 3. The Balaban J connectivity index is 1.54. The van der Waals surface area contributed by atoms with Gasteiger partial charge in [0.1, 0.15) is 22.7 Å². The molecule has 3 heterocycles. The number of pyridine rings is 1. The number of hydrogen-bond acceptors (Lipinski definition) is 8. The zero-order chi connectivity index (χ0) is 22.9. The van der Waals surface area contributed by atoms with Crippen LogP contribution in [0.4, 0.5) is 22.2 Å². The molecule has 0 saturated carbocycles. The van der Waals surface area contributed by atoms with Gasteiger partial charge in [0.15, 0.2) is 5.58 Å². The molecule has 0 saturated heterocycles. The summed E-state index contributed by atoms with van der Waals surface area (Å²) in [6, 6.07) is 6.64. The standard InChI is InChI=1S/C21H22BrN5O5/c1-21(2,3)32-20(29)27-19-26-17-14(31-19)6-5-12(24-17)18(28)25-13-9-11(22)10-15-16(13)23-7-4-8-30-15/h5-6,9-10,23H,4,7-8H2,1-3H3,(H,25,28)(H,24,26,27,29). The van der Waals surface area contributed by atoms with Crippen LogP contribution in [0.3, 0.4) is 0 Å². The van der Waals surface area contributed by atoms with Gasteiger partial charge in [0.25, 0.3) is 5.91 Å². The predicted molar refractivity (Wildman–Crippen MR) is 122 cm³/mol. The molecule has 4 rings (SSSR count). The number of fused-ring (bicyclic) bond motifs is 2. The van der Waals surface area contributed by atoms with Crippen LogP contribution in [-0.4, -0.2) is 40.7 Å². The molecule has 1 aromatic carbocycles. The predicted octanol–water partition coefficient (Wildman–Crippen LogP) is 4.78. The van der Waals surface area contributed by atoms with Crippen molar-refractivity contribution in [1.82, 2.24) is 9.97 Å². The second-order valence-electron chi connectivity index (χ2n) is 8.07. The summed E-state index contributed by atoms with van der Waals surface area (Å²) in [6.07, 6.45) is 0.149. The first-order valence-electron chi connectivity index (χ1n) is 9.97. The molecule has 11 heteroatoms. The van der Waals surface area contributed by atoms with E-state index in [1.807, 2.05) is 6.07 Å². The molecule has 168 valence electrons. The van der Waals surface area contributed by atoms with E-state index >= 15 is 0 Å². The van der Waals surface area contributed by atoms with Crippen molar-refractivity contribution in [2.45, 2.75) is 32.8 Å². The van der Waals surface area contributed by atoms with Crippen LogP contribution in [0.25, 0.3) is 11.2 Å². The summed E-state index contributed by atoms with van der Waals surface area (Å²) in [5, 5.41) is 8.56. The van der Waals surface area contributed by atoms with Crippen molar-refractivity contribution in [1.29, 1.82) is 0 Å². The van der Waals surface area contributed by atoms with Crippen LogP contribution in [-0.2, 0) is 4.74 Å². The highest BCUT2D eigenvalue weighted by molar-refractivity contribution is 9.10. The first-order valence-corrected chi connectivity index (χ1v) is 10.8. The summed E-state index contributed by atoms with van der Waals surface area (Å²) in [4.78, 5) is 33.2. The Morgan fingerprint density at radius 1 is 1.19 bits per heavy atom. The van der Waals surface area contributed by atoms with E-state index in [0.717, 1.165) is 17.4 Å². The lowest BCUT2D eigenvalue weighted by Gasteiger charge is -2.18. The Morgan fingerprint density at radius 2 is 2.00 bits per heavy atom. The summed E-state index contributed by atoms with van der Waals surface area (Å²) in [5.74, 6) is 0.229. The van der Waals surface area contributed by atoms with Crippen molar-refractivity contribution >= 4 is 56.5 Å². The first-order chi connectivity index (χ1) is 15.2. The average molecular weight is 504 g/mol. The number of benzene rings is 1. The van der Waals surface area contributed by atoms with Crippen LogP contribution in [0.5, 0.6) is 5.75 Å². The summed E-state index contributed by atoms with van der Waals surface area (Å²) in [7, 11) is 0. The third-order valence-corrected chi connectivity index (χ3v) is 4.75. The van der Waals surface area contributed by atoms with Gasteiger partial charge < -0.3 is 24.5 Å². The van der Waals surface area contributed by atoms with Gasteiger partial charge in [0, 0.05) is 11.0 Å². The summed E-state index contributed by atoms with van der Waals surface area (Å²) >= 11 is 3.44. The minimum atomic E-state index is -0.702. The van der Waals surface area contributed by atoms with Gasteiger partial charge in [-0.05, 0) is 51.5 Å². The minimum Gasteiger partial charge on any atom is -0.491 e. The Labute approximate surface area is 192 Å². The van der Waals surface area contributed by atoms with Crippen LogP contribution in [0.2, 0.25) is 0 Å². The van der Waals surface area contributed by atoms with E-state index in [0.29, 0.717) is 29.3 Å². The summed E-state index contributed by atoms with van der Waals surface area (Å²) in [6.45, 7) is 6.56. The molecular weight excluding hydrogens is 482 g/mol. The molecule has 0 unspecified atom stereocenters. The third kappa shape index (κ3) is 5.10. The topological polar surface area (TPSA) is 128 Å². The van der Waals surface area contributed by atoms with Crippen molar-refractivity contribution in [3.63, 3.8) is 0 Å². The fourth-order valence-corrected chi connectivity index (χ4v) is 3.46. The van der Waals surface area contributed by atoms with Crippen LogP contribution in [0.15, 0.2) is 33.2 Å². The lowest BCUT2D eigenvalue weighted by Crippen LogP contribution is -2.27. The number of nitrogens with zero attached hydrogens (tertiary/aromatic N) is 2. The van der Waals surface area contributed by atoms with Gasteiger partial charge in [-0.1, -0.05) is 15.9 Å². The number of nitrogens with one attached hydrogen (secondary N) is 3. The highest BCUT2D eigenvalue weighted by Gasteiger charge is 2.20. The number of ether oxygens (including phenoxy) is 2. The van der Waals surface area contributed by atoms with Crippen molar-refractivity contribution < 1.29 is 23.5 Å². The van der Waals surface area contributed by atoms with Gasteiger partial charge in [0.05, 0.1) is 12.3 Å². The van der Waals surface area contributed by atoms with Crippen molar-refractivity contribution in [3.8, 4) is 5.75 Å². The molecule has 0 fully saturated rings. The Hall–Kier alpha value is -3.34. The number of anilines is 3. The van der Waals surface area contributed by atoms with Gasteiger partial charge in [-0.3, -0.25) is 4.79 Å². The van der Waals surface area contributed by atoms with Gasteiger partial charge in [-0.15, -0.1) is 0 Å². The van der Waals surface area contributed by atoms with Crippen LogP contribution in [0, 0.1) is 0 Å². The molecular formula is C21H22BrN5O5. The Bertz CT molecular complexity index is 1190. The molecule has 32 heavy (non-hydrogen) atoms. The number of carbonyl (C=O) groups is 2. The smallest absolute Gasteiger partial charge is 0.415 e. The van der Waals surface area contributed by atoms with E-state index < -0.39 is 17.6 Å². The maximum atomic E-state index is 12.9. The fourth-order valence-electron chi connectivity index (χ4n) is 3.02. The van der Waals surface area contributed by atoms with E-state index in [-0.39, 0.29) is 17.4 Å². The number of halogens is 1. The first kappa shape index (κ1) is 21.9. The van der Waals surface area contributed by atoms with E-state index in [1.165, 1.54) is 6.07 Å². The van der Waals surface area contributed by atoms with E-state index in [1.54, 1.807) is 32.9 Å². The summed E-state index contributed by atoms with van der Waals surface area (Å²) < 4.78 is 17.2. The molecule has 0 aliphatic carbocycles. The Kier molecular flexibility index (Phi) is 5.92. The number of carbonyl (C=O) groups excluding carboxylic acids is 2.